The van der Waals surface area contributed by atoms with Gasteiger partial charge in [-0.2, -0.15) is 0 Å². The predicted octanol–water partition coefficient (Wildman–Crippen LogP) is 7.44. The van der Waals surface area contributed by atoms with Gasteiger partial charge in [-0.1, -0.05) is 35.9 Å². The maximum Gasteiger partial charge on any atom is 0.410 e. The van der Waals surface area contributed by atoms with E-state index >= 15 is 0 Å². The Kier molecular flexibility index (Phi) is 8.46. The van der Waals surface area contributed by atoms with E-state index in [0.29, 0.717) is 25.6 Å². The lowest BCUT2D eigenvalue weighted by Crippen LogP contribution is -2.43. The molecule has 1 saturated heterocycles. The molecule has 1 aromatic carbocycles. The van der Waals surface area contributed by atoms with Crippen molar-refractivity contribution in [2.45, 2.75) is 58.0 Å². The highest BCUT2D eigenvalue weighted by atomic mass is 35.5. The van der Waals surface area contributed by atoms with Crippen LogP contribution in [0, 0.1) is 5.92 Å². The van der Waals surface area contributed by atoms with Gasteiger partial charge < -0.3 is 13.8 Å². The zero-order chi connectivity index (χ0) is 25.0. The molecule has 0 radical (unpaired) electrons. The number of amides is 1. The van der Waals surface area contributed by atoms with Crippen LogP contribution in [0.25, 0.3) is 6.08 Å². The monoisotopic (exact) mass is 514 g/mol. The largest absolute Gasteiger partial charge is 0.444 e. The lowest BCUT2D eigenvalue weighted by Gasteiger charge is -2.37. The Bertz CT molecular complexity index is 1060. The highest BCUT2D eigenvalue weighted by molar-refractivity contribution is 7.93. The first-order valence-corrected chi connectivity index (χ1v) is 13.9. The maximum atomic E-state index is 12.7. The Morgan fingerprint density at radius 1 is 1.26 bits per heavy atom. The fourth-order valence-electron chi connectivity index (χ4n) is 5.12. The van der Waals surface area contributed by atoms with Gasteiger partial charge in [-0.15, -0.1) is 0 Å². The molecule has 1 unspecified atom stereocenters. The summed E-state index contributed by atoms with van der Waals surface area (Å²) in [7, 11) is 0. The SMILES string of the molecule is CSOCCC1=Cc2cc(Cl)ccc2C(C2CCN(C(=O)OC(C)(C)C)CC2)C2=NC=CCC=C12. The average molecular weight is 515 g/mol. The van der Waals surface area contributed by atoms with Crippen molar-refractivity contribution in [3.63, 3.8) is 0 Å². The van der Waals surface area contributed by atoms with Crippen molar-refractivity contribution < 1.29 is 13.7 Å². The molecule has 1 fully saturated rings. The molecule has 1 aromatic rings. The number of likely N-dealkylation sites (tertiary alicyclic amines) is 1. The number of fused-ring (bicyclic) bond motifs is 2. The predicted molar refractivity (Wildman–Crippen MR) is 146 cm³/mol. The Hall–Kier alpha value is -2.02. The van der Waals surface area contributed by atoms with Crippen molar-refractivity contribution in [2.75, 3.05) is 26.0 Å². The summed E-state index contributed by atoms with van der Waals surface area (Å²) in [5.41, 5.74) is 5.48. The lowest BCUT2D eigenvalue weighted by atomic mass is 9.74. The molecule has 0 saturated carbocycles. The maximum absolute atomic E-state index is 12.7. The first-order valence-electron chi connectivity index (χ1n) is 12.3. The second-order valence-corrected chi connectivity index (χ2v) is 11.2. The second-order valence-electron chi connectivity index (χ2n) is 10.2. The lowest BCUT2D eigenvalue weighted by molar-refractivity contribution is 0.0181. The van der Waals surface area contributed by atoms with E-state index < -0.39 is 5.60 Å². The Morgan fingerprint density at radius 2 is 2.03 bits per heavy atom. The van der Waals surface area contributed by atoms with Crippen molar-refractivity contribution in [1.29, 1.82) is 0 Å². The van der Waals surface area contributed by atoms with Crippen molar-refractivity contribution >= 4 is 41.5 Å². The van der Waals surface area contributed by atoms with E-state index in [1.807, 2.05) is 44.2 Å². The van der Waals surface area contributed by atoms with E-state index in [0.717, 1.165) is 42.0 Å². The summed E-state index contributed by atoms with van der Waals surface area (Å²) in [6, 6.07) is 6.21. The first-order chi connectivity index (χ1) is 16.8. The smallest absolute Gasteiger partial charge is 0.410 e. The molecule has 35 heavy (non-hydrogen) atoms. The highest BCUT2D eigenvalue weighted by Crippen LogP contribution is 2.43. The number of hydrogen-bond donors (Lipinski definition) is 0. The number of nitrogens with zero attached hydrogens (tertiary/aromatic N) is 2. The van der Waals surface area contributed by atoms with E-state index in [9.17, 15) is 4.79 Å². The Morgan fingerprint density at radius 3 is 2.74 bits per heavy atom. The van der Waals surface area contributed by atoms with Crippen LogP contribution in [0.2, 0.25) is 5.02 Å². The van der Waals surface area contributed by atoms with Crippen LogP contribution in [-0.2, 0) is 8.92 Å². The van der Waals surface area contributed by atoms with Crippen molar-refractivity contribution in [3.8, 4) is 0 Å². The molecular formula is C28H35ClN2O3S. The van der Waals surface area contributed by atoms with Crippen LogP contribution in [0.3, 0.4) is 0 Å². The minimum Gasteiger partial charge on any atom is -0.444 e. The van der Waals surface area contributed by atoms with E-state index in [2.05, 4.69) is 30.4 Å². The number of ether oxygens (including phenoxy) is 1. The zero-order valence-electron chi connectivity index (χ0n) is 21.1. The van der Waals surface area contributed by atoms with Crippen LogP contribution < -0.4 is 0 Å². The van der Waals surface area contributed by atoms with Crippen LogP contribution in [0.5, 0.6) is 0 Å². The summed E-state index contributed by atoms with van der Waals surface area (Å²) in [6.45, 7) is 7.73. The van der Waals surface area contributed by atoms with Crippen molar-refractivity contribution in [1.82, 2.24) is 4.90 Å². The topological polar surface area (TPSA) is 51.1 Å². The molecule has 2 heterocycles. The van der Waals surface area contributed by atoms with E-state index in [1.165, 1.54) is 28.8 Å². The molecule has 3 aliphatic rings. The van der Waals surface area contributed by atoms with Crippen molar-refractivity contribution in [3.05, 3.63) is 63.8 Å². The number of halogens is 1. The molecule has 1 aliphatic carbocycles. The normalized spacial score (nSPS) is 20.7. The quantitative estimate of drug-likeness (QED) is 0.302. The number of carbonyl (C=O) groups is 1. The summed E-state index contributed by atoms with van der Waals surface area (Å²) >= 11 is 7.85. The number of hydrogen-bond acceptors (Lipinski definition) is 5. The summed E-state index contributed by atoms with van der Waals surface area (Å²) in [5.74, 6) is 0.490. The van der Waals surface area contributed by atoms with Crippen LogP contribution in [-0.4, -0.2) is 48.3 Å². The molecule has 4 rings (SSSR count). The fourth-order valence-corrected chi connectivity index (χ4v) is 5.56. The molecule has 1 atom stereocenters. The van der Waals surface area contributed by atoms with Gasteiger partial charge in [-0.3, -0.25) is 4.99 Å². The van der Waals surface area contributed by atoms with Gasteiger partial charge in [0.2, 0.25) is 0 Å². The molecule has 1 amide bonds. The summed E-state index contributed by atoms with van der Waals surface area (Å²) in [6.07, 6.45) is 13.8. The Balaban J connectivity index is 1.66. The van der Waals surface area contributed by atoms with Crippen LogP contribution in [0.1, 0.15) is 63.5 Å². The summed E-state index contributed by atoms with van der Waals surface area (Å²) in [4.78, 5) is 19.5. The number of rotatable bonds is 5. The van der Waals surface area contributed by atoms with E-state index in [1.54, 1.807) is 0 Å². The minimum atomic E-state index is -0.489. The third kappa shape index (κ3) is 6.41. The van der Waals surface area contributed by atoms with Gasteiger partial charge in [0.1, 0.15) is 5.60 Å². The molecular weight excluding hydrogens is 480 g/mol. The van der Waals surface area contributed by atoms with Gasteiger partial charge in [0.05, 0.1) is 12.3 Å². The first kappa shape index (κ1) is 26.1. The van der Waals surface area contributed by atoms with Crippen LogP contribution in [0.15, 0.2) is 52.7 Å². The standard InChI is InChI=1S/C28H35ClN2O3S/c1-28(2,3)34-27(32)31-14-10-19(11-15-31)25-23-9-8-22(29)18-21(23)17-20(12-16-33-35-4)24-7-5-6-13-30-26(24)25/h6-9,13,17-19,25H,5,10-12,14-16H2,1-4H3. The van der Waals surface area contributed by atoms with Gasteiger partial charge in [0.15, 0.2) is 0 Å². The molecule has 5 nitrogen and oxygen atoms in total. The molecule has 0 bridgehead atoms. The van der Waals surface area contributed by atoms with Gasteiger partial charge in [-0.05, 0) is 98.8 Å². The van der Waals surface area contributed by atoms with Gasteiger partial charge >= 0.3 is 6.09 Å². The molecule has 0 spiro atoms. The minimum absolute atomic E-state index is 0.132. The summed E-state index contributed by atoms with van der Waals surface area (Å²) in [5, 5.41) is 0.733. The third-order valence-electron chi connectivity index (χ3n) is 6.64. The van der Waals surface area contributed by atoms with Gasteiger partial charge in [-0.25, -0.2) is 4.79 Å². The Labute approximate surface area is 218 Å². The number of aliphatic imine (C=N–C) groups is 1. The van der Waals surface area contributed by atoms with Gasteiger partial charge in [0, 0.05) is 36.5 Å². The highest BCUT2D eigenvalue weighted by Gasteiger charge is 2.37. The van der Waals surface area contributed by atoms with Gasteiger partial charge in [0.25, 0.3) is 0 Å². The molecule has 2 aliphatic heterocycles. The molecule has 0 aromatic heterocycles. The number of benzene rings is 1. The van der Waals surface area contributed by atoms with Crippen LogP contribution in [0.4, 0.5) is 4.79 Å². The van der Waals surface area contributed by atoms with E-state index in [-0.39, 0.29) is 12.0 Å². The molecule has 0 N–H and O–H groups in total. The summed E-state index contributed by atoms with van der Waals surface area (Å²) < 4.78 is 11.2. The molecule has 188 valence electrons. The van der Waals surface area contributed by atoms with Crippen molar-refractivity contribution in [2.24, 2.45) is 10.9 Å². The fraction of sp³-hybridized carbons (Fsp3) is 0.500. The molecule has 7 heteroatoms. The average Bonchev–Trinajstić information content (AvgIpc) is 3.11. The van der Waals surface area contributed by atoms with E-state index in [4.69, 9.17) is 25.5 Å². The number of carbonyl (C=O) groups excluding carboxylic acids is 1. The number of allylic oxidation sites excluding steroid dienone is 3. The zero-order valence-corrected chi connectivity index (χ0v) is 22.6. The third-order valence-corrected chi connectivity index (χ3v) is 7.28. The number of piperidine rings is 1. The van der Waals surface area contributed by atoms with Crippen LogP contribution >= 0.6 is 23.6 Å². The second kappa shape index (κ2) is 11.4.